The van der Waals surface area contributed by atoms with E-state index in [-0.39, 0.29) is 18.8 Å². The summed E-state index contributed by atoms with van der Waals surface area (Å²) in [5.74, 6) is -5.32. The summed E-state index contributed by atoms with van der Waals surface area (Å²) in [6.07, 6.45) is 0.877. The number of carbonyl (C=O) groups is 5. The number of nitrogens with two attached hydrogens (primary N) is 1. The monoisotopic (exact) mass is 565 g/mol. The predicted molar refractivity (Wildman–Crippen MR) is 151 cm³/mol. The van der Waals surface area contributed by atoms with Gasteiger partial charge in [-0.05, 0) is 23.1 Å². The Morgan fingerprint density at radius 1 is 0.780 bits per heavy atom. The zero-order chi connectivity index (χ0) is 30.1. The van der Waals surface area contributed by atoms with E-state index in [0.717, 1.165) is 10.9 Å². The maximum absolute atomic E-state index is 13.5. The number of aromatic nitrogens is 1. The Morgan fingerprint density at radius 2 is 1.37 bits per heavy atom. The number of benzene rings is 2. The first-order valence-electron chi connectivity index (χ1n) is 13.2. The van der Waals surface area contributed by atoms with Crippen LogP contribution in [0.1, 0.15) is 31.4 Å². The van der Waals surface area contributed by atoms with Gasteiger partial charge in [0, 0.05) is 29.9 Å². The van der Waals surface area contributed by atoms with E-state index < -0.39 is 60.2 Å². The number of amides is 3. The number of carboxylic acids is 2. The van der Waals surface area contributed by atoms with E-state index >= 15 is 0 Å². The van der Waals surface area contributed by atoms with E-state index in [0.29, 0.717) is 11.1 Å². The van der Waals surface area contributed by atoms with Crippen LogP contribution < -0.4 is 21.7 Å². The molecule has 3 rings (SSSR count). The first-order valence-corrected chi connectivity index (χ1v) is 13.2. The molecule has 3 amide bonds. The lowest BCUT2D eigenvalue weighted by molar-refractivity contribution is -0.143. The summed E-state index contributed by atoms with van der Waals surface area (Å²) in [7, 11) is 0. The summed E-state index contributed by atoms with van der Waals surface area (Å²) >= 11 is 0. The molecule has 0 spiro atoms. The van der Waals surface area contributed by atoms with Crippen LogP contribution in [0.2, 0.25) is 0 Å². The lowest BCUT2D eigenvalue weighted by Crippen LogP contribution is -2.58. The van der Waals surface area contributed by atoms with Crippen LogP contribution in [0.25, 0.3) is 10.9 Å². The summed E-state index contributed by atoms with van der Waals surface area (Å²) < 4.78 is 0. The minimum atomic E-state index is -1.53. The molecule has 2 aromatic carbocycles. The van der Waals surface area contributed by atoms with Crippen molar-refractivity contribution in [2.75, 3.05) is 0 Å². The Kier molecular flexibility index (Phi) is 10.6. The second kappa shape index (κ2) is 14.1. The molecule has 1 aromatic heterocycles. The van der Waals surface area contributed by atoms with Crippen LogP contribution in [-0.2, 0) is 36.8 Å². The van der Waals surface area contributed by atoms with Crippen LogP contribution in [-0.4, -0.2) is 69.0 Å². The van der Waals surface area contributed by atoms with Crippen molar-refractivity contribution < 1.29 is 34.2 Å². The average Bonchev–Trinajstić information content (AvgIpc) is 3.34. The van der Waals surface area contributed by atoms with Gasteiger partial charge >= 0.3 is 11.9 Å². The molecule has 12 nitrogen and oxygen atoms in total. The van der Waals surface area contributed by atoms with Crippen LogP contribution in [0.4, 0.5) is 0 Å². The van der Waals surface area contributed by atoms with E-state index in [2.05, 4.69) is 20.9 Å². The molecule has 0 aliphatic heterocycles. The molecule has 0 bridgehead atoms. The van der Waals surface area contributed by atoms with Gasteiger partial charge < -0.3 is 36.9 Å². The summed E-state index contributed by atoms with van der Waals surface area (Å²) in [5.41, 5.74) is 8.00. The lowest BCUT2D eigenvalue weighted by atomic mass is 10.0. The van der Waals surface area contributed by atoms with Gasteiger partial charge in [0.1, 0.15) is 18.1 Å². The van der Waals surface area contributed by atoms with Crippen molar-refractivity contribution in [1.29, 1.82) is 0 Å². The smallest absolute Gasteiger partial charge is 0.326 e. The number of aliphatic carboxylic acids is 2. The molecule has 218 valence electrons. The van der Waals surface area contributed by atoms with Crippen LogP contribution in [0.5, 0.6) is 0 Å². The number of carbonyl (C=O) groups excluding carboxylic acids is 3. The molecule has 8 N–H and O–H groups in total. The maximum Gasteiger partial charge on any atom is 0.326 e. The zero-order valence-electron chi connectivity index (χ0n) is 22.8. The second-order valence-corrected chi connectivity index (χ2v) is 10.1. The van der Waals surface area contributed by atoms with Crippen LogP contribution in [0.3, 0.4) is 0 Å². The molecule has 41 heavy (non-hydrogen) atoms. The maximum atomic E-state index is 13.5. The van der Waals surface area contributed by atoms with E-state index in [1.807, 2.05) is 24.3 Å². The van der Waals surface area contributed by atoms with Crippen LogP contribution in [0.15, 0.2) is 60.8 Å². The highest BCUT2D eigenvalue weighted by Crippen LogP contribution is 2.19. The number of hydrogen-bond donors (Lipinski definition) is 7. The summed E-state index contributed by atoms with van der Waals surface area (Å²) in [6, 6.07) is 10.9. The van der Waals surface area contributed by atoms with Crippen molar-refractivity contribution in [3.05, 3.63) is 71.9 Å². The Labute approximate surface area is 236 Å². The predicted octanol–water partition coefficient (Wildman–Crippen LogP) is 0.950. The highest BCUT2D eigenvalue weighted by Gasteiger charge is 2.32. The van der Waals surface area contributed by atoms with Crippen molar-refractivity contribution in [2.45, 2.75) is 57.3 Å². The van der Waals surface area contributed by atoms with E-state index in [1.54, 1.807) is 50.4 Å². The standard InChI is InChI=1S/C29H35N5O7/c1-16(2)25(30)28(39)33-22(14-24(35)36)27(38)32-21(13-18-15-31-20-11-7-6-10-19(18)20)26(37)34-23(29(40)41)12-17-8-4-3-5-9-17/h3-11,15-16,21-23,25,31H,12-14,30H2,1-2H3,(H,32,38)(H,33,39)(H,34,37)(H,35,36)(H,40,41). The van der Waals surface area contributed by atoms with Gasteiger partial charge in [-0.25, -0.2) is 4.79 Å². The number of carboxylic acid groups (broad SMARTS) is 2. The third-order valence-corrected chi connectivity index (χ3v) is 6.66. The van der Waals surface area contributed by atoms with Crippen molar-refractivity contribution in [3.8, 4) is 0 Å². The van der Waals surface area contributed by atoms with Gasteiger partial charge in [0.15, 0.2) is 0 Å². The van der Waals surface area contributed by atoms with Gasteiger partial charge in [0.05, 0.1) is 12.5 Å². The fraction of sp³-hybridized carbons (Fsp3) is 0.345. The number of fused-ring (bicyclic) bond motifs is 1. The van der Waals surface area contributed by atoms with Crippen molar-refractivity contribution in [3.63, 3.8) is 0 Å². The Bertz CT molecular complexity index is 1390. The van der Waals surface area contributed by atoms with Crippen molar-refractivity contribution >= 4 is 40.6 Å². The van der Waals surface area contributed by atoms with Crippen LogP contribution in [0, 0.1) is 5.92 Å². The molecule has 0 saturated heterocycles. The van der Waals surface area contributed by atoms with Gasteiger partial charge in [-0.15, -0.1) is 0 Å². The van der Waals surface area contributed by atoms with E-state index in [9.17, 15) is 34.2 Å². The SMILES string of the molecule is CC(C)C(N)C(=O)NC(CC(=O)O)C(=O)NC(Cc1c[nH]c2ccccc12)C(=O)NC(Cc1ccccc1)C(=O)O. The molecule has 12 heteroatoms. The molecule has 4 atom stereocenters. The summed E-state index contributed by atoms with van der Waals surface area (Å²) in [6.45, 7) is 3.40. The minimum Gasteiger partial charge on any atom is -0.481 e. The lowest BCUT2D eigenvalue weighted by Gasteiger charge is -2.25. The molecule has 0 fully saturated rings. The number of nitrogens with one attached hydrogen (secondary N) is 4. The van der Waals surface area contributed by atoms with Gasteiger partial charge in [-0.3, -0.25) is 19.2 Å². The number of rotatable bonds is 14. The molecule has 0 aliphatic rings. The zero-order valence-corrected chi connectivity index (χ0v) is 22.8. The van der Waals surface area contributed by atoms with E-state index in [4.69, 9.17) is 5.73 Å². The third-order valence-electron chi connectivity index (χ3n) is 6.66. The molecule has 1 heterocycles. The fourth-order valence-electron chi connectivity index (χ4n) is 4.28. The first-order chi connectivity index (χ1) is 19.5. The third kappa shape index (κ3) is 8.64. The van der Waals surface area contributed by atoms with Gasteiger partial charge in [0.2, 0.25) is 17.7 Å². The van der Waals surface area contributed by atoms with E-state index in [1.165, 1.54) is 0 Å². The highest BCUT2D eigenvalue weighted by atomic mass is 16.4. The molecular weight excluding hydrogens is 530 g/mol. The molecule has 4 unspecified atom stereocenters. The number of H-pyrrole nitrogens is 1. The number of hydrogen-bond acceptors (Lipinski definition) is 6. The van der Waals surface area contributed by atoms with Gasteiger partial charge in [-0.1, -0.05) is 62.4 Å². The topological polar surface area (TPSA) is 204 Å². The molecule has 3 aromatic rings. The van der Waals surface area contributed by atoms with Gasteiger partial charge in [-0.2, -0.15) is 0 Å². The second-order valence-electron chi connectivity index (χ2n) is 10.1. The summed E-state index contributed by atoms with van der Waals surface area (Å²) in [4.78, 5) is 65.9. The number of aromatic amines is 1. The van der Waals surface area contributed by atoms with Crippen molar-refractivity contribution in [2.24, 2.45) is 11.7 Å². The first kappa shape index (κ1) is 30.8. The average molecular weight is 566 g/mol. The summed E-state index contributed by atoms with van der Waals surface area (Å²) in [5, 5.41) is 27.3. The molecular formula is C29H35N5O7. The number of para-hydroxylation sites is 1. The Morgan fingerprint density at radius 3 is 2.00 bits per heavy atom. The Hall–Kier alpha value is -4.71. The molecule has 0 radical (unpaired) electrons. The fourth-order valence-corrected chi connectivity index (χ4v) is 4.28. The highest BCUT2D eigenvalue weighted by molar-refractivity contribution is 5.96. The molecule has 0 saturated carbocycles. The molecule has 0 aliphatic carbocycles. The van der Waals surface area contributed by atoms with Crippen molar-refractivity contribution in [1.82, 2.24) is 20.9 Å². The minimum absolute atomic E-state index is 0.000449. The normalized spacial score (nSPS) is 14.0. The van der Waals surface area contributed by atoms with Gasteiger partial charge in [0.25, 0.3) is 0 Å². The largest absolute Gasteiger partial charge is 0.481 e. The van der Waals surface area contributed by atoms with Crippen LogP contribution >= 0.6 is 0 Å². The quantitative estimate of drug-likeness (QED) is 0.150. The Balaban J connectivity index is 1.87.